The first-order valence-corrected chi connectivity index (χ1v) is 9.28. The summed E-state index contributed by atoms with van der Waals surface area (Å²) in [5, 5.41) is 2.75. The lowest BCUT2D eigenvalue weighted by atomic mass is 10.2. The van der Waals surface area contributed by atoms with Gasteiger partial charge in [-0.05, 0) is 55.7 Å². The van der Waals surface area contributed by atoms with Gasteiger partial charge in [0.15, 0.2) is 0 Å². The Hall–Kier alpha value is -3.26. The average molecular weight is 378 g/mol. The third kappa shape index (κ3) is 7.16. The van der Waals surface area contributed by atoms with Gasteiger partial charge in [0.2, 0.25) is 11.8 Å². The van der Waals surface area contributed by atoms with Crippen LogP contribution in [0.15, 0.2) is 48.5 Å². The maximum Gasteiger partial charge on any atom is 0.243 e. The summed E-state index contributed by atoms with van der Waals surface area (Å²) in [6.45, 7) is 2.58. The summed E-state index contributed by atoms with van der Waals surface area (Å²) >= 11 is 0. The number of terminal acetylenes is 1. The first-order valence-electron chi connectivity index (χ1n) is 9.28. The van der Waals surface area contributed by atoms with Gasteiger partial charge >= 0.3 is 0 Å². The summed E-state index contributed by atoms with van der Waals surface area (Å²) in [7, 11) is 1.63. The van der Waals surface area contributed by atoms with Crippen molar-refractivity contribution in [2.75, 3.05) is 25.5 Å². The van der Waals surface area contributed by atoms with Crippen molar-refractivity contribution in [2.24, 2.45) is 0 Å². The molecule has 0 saturated carbocycles. The number of hydrogen-bond acceptors (Lipinski definition) is 3. The van der Waals surface area contributed by atoms with Gasteiger partial charge in [-0.1, -0.05) is 24.1 Å². The third-order valence-electron chi connectivity index (χ3n) is 4.16. The monoisotopic (exact) mass is 378 g/mol. The molecule has 1 N–H and O–H groups in total. The van der Waals surface area contributed by atoms with Crippen molar-refractivity contribution in [3.63, 3.8) is 0 Å². The van der Waals surface area contributed by atoms with Crippen LogP contribution in [0.2, 0.25) is 0 Å². The molecule has 2 aromatic carbocycles. The molecule has 0 heterocycles. The van der Waals surface area contributed by atoms with Gasteiger partial charge in [0.05, 0.1) is 13.2 Å². The Balaban J connectivity index is 1.66. The number of aryl methyl sites for hydroxylation is 1. The number of unbranched alkanes of at least 4 members (excludes halogenated alkanes) is 1. The highest BCUT2D eigenvalue weighted by Crippen LogP contribution is 2.13. The van der Waals surface area contributed by atoms with Crippen LogP contribution in [-0.2, 0) is 9.59 Å². The van der Waals surface area contributed by atoms with Gasteiger partial charge in [0.1, 0.15) is 5.75 Å². The number of anilines is 1. The fraction of sp³-hybridized carbons (Fsp3) is 0.304. The summed E-state index contributed by atoms with van der Waals surface area (Å²) in [4.78, 5) is 25.7. The molecule has 0 fully saturated rings. The van der Waals surface area contributed by atoms with Crippen LogP contribution in [0.5, 0.6) is 5.75 Å². The van der Waals surface area contributed by atoms with Crippen molar-refractivity contribution < 1.29 is 14.3 Å². The molecule has 5 nitrogen and oxygen atoms in total. The summed E-state index contributed by atoms with van der Waals surface area (Å²) in [5.41, 5.74) is 2.46. The molecule has 28 heavy (non-hydrogen) atoms. The topological polar surface area (TPSA) is 58.6 Å². The smallest absolute Gasteiger partial charge is 0.243 e. The lowest BCUT2D eigenvalue weighted by Gasteiger charge is -2.17. The van der Waals surface area contributed by atoms with Gasteiger partial charge in [-0.25, -0.2) is 0 Å². The minimum Gasteiger partial charge on any atom is -0.494 e. The predicted molar refractivity (Wildman–Crippen MR) is 111 cm³/mol. The van der Waals surface area contributed by atoms with Crippen molar-refractivity contribution in [2.45, 2.75) is 26.2 Å². The lowest BCUT2D eigenvalue weighted by Crippen LogP contribution is -2.34. The molecule has 0 aliphatic carbocycles. The van der Waals surface area contributed by atoms with Crippen molar-refractivity contribution in [1.29, 1.82) is 0 Å². The molecule has 0 bridgehead atoms. The minimum atomic E-state index is -0.257. The highest BCUT2D eigenvalue weighted by atomic mass is 16.5. The number of amides is 2. The van der Waals surface area contributed by atoms with E-state index < -0.39 is 0 Å². The van der Waals surface area contributed by atoms with Crippen LogP contribution < -0.4 is 10.1 Å². The quantitative estimate of drug-likeness (QED) is 0.536. The van der Waals surface area contributed by atoms with Gasteiger partial charge in [-0.3, -0.25) is 9.59 Å². The molecule has 0 spiro atoms. The van der Waals surface area contributed by atoms with Crippen LogP contribution in [0.1, 0.15) is 30.4 Å². The Bertz CT molecular complexity index is 855. The van der Waals surface area contributed by atoms with Gasteiger partial charge in [-0.2, -0.15) is 0 Å². The zero-order valence-corrected chi connectivity index (χ0v) is 16.4. The van der Waals surface area contributed by atoms with Crippen LogP contribution >= 0.6 is 0 Å². The number of carbonyl (C=O) groups excluding carboxylic acids is 2. The third-order valence-corrected chi connectivity index (χ3v) is 4.16. The molecule has 0 radical (unpaired) electrons. The van der Waals surface area contributed by atoms with E-state index in [4.69, 9.17) is 11.2 Å². The summed E-state index contributed by atoms with van der Waals surface area (Å²) < 4.78 is 5.68. The molecule has 2 aromatic rings. The molecule has 2 amide bonds. The van der Waals surface area contributed by atoms with Crippen LogP contribution in [0, 0.1) is 19.3 Å². The van der Waals surface area contributed by atoms with Crippen LogP contribution in [0.3, 0.4) is 0 Å². The number of rotatable bonds is 9. The predicted octanol–water partition coefficient (Wildman–Crippen LogP) is 3.62. The minimum absolute atomic E-state index is 0.00108. The first kappa shape index (κ1) is 21.0. The largest absolute Gasteiger partial charge is 0.494 e. The van der Waals surface area contributed by atoms with Gasteiger partial charge in [0, 0.05) is 24.7 Å². The second-order valence-electron chi connectivity index (χ2n) is 6.65. The Labute approximate surface area is 166 Å². The Morgan fingerprint density at radius 2 is 1.93 bits per heavy atom. The van der Waals surface area contributed by atoms with Gasteiger partial charge in [0.25, 0.3) is 0 Å². The maximum atomic E-state index is 12.2. The SMILES string of the molecule is C#Cc1cccc(NC(=O)CN(C)C(=O)CCCCOc2cccc(C)c2)c1. The van der Waals surface area contributed by atoms with E-state index in [9.17, 15) is 9.59 Å². The number of benzene rings is 2. The van der Waals surface area contributed by atoms with Crippen LogP contribution in [-0.4, -0.2) is 36.9 Å². The van der Waals surface area contributed by atoms with E-state index in [2.05, 4.69) is 11.2 Å². The Morgan fingerprint density at radius 1 is 1.14 bits per heavy atom. The summed E-state index contributed by atoms with van der Waals surface area (Å²) in [5.74, 6) is 3.04. The zero-order chi connectivity index (χ0) is 20.4. The fourth-order valence-corrected chi connectivity index (χ4v) is 2.66. The molecular formula is C23H26N2O3. The molecule has 0 aliphatic rings. The van der Waals surface area contributed by atoms with Gasteiger partial charge in [-0.15, -0.1) is 6.42 Å². The van der Waals surface area contributed by atoms with Crippen molar-refractivity contribution in [3.8, 4) is 18.1 Å². The number of hydrogen-bond donors (Lipinski definition) is 1. The number of nitrogens with zero attached hydrogens (tertiary/aromatic N) is 1. The summed E-state index contributed by atoms with van der Waals surface area (Å²) in [6.07, 6.45) is 7.22. The highest BCUT2D eigenvalue weighted by Gasteiger charge is 2.13. The van der Waals surface area contributed by atoms with E-state index in [0.717, 1.165) is 17.7 Å². The second-order valence-corrected chi connectivity index (χ2v) is 6.65. The van der Waals surface area contributed by atoms with E-state index in [1.807, 2.05) is 31.2 Å². The van der Waals surface area contributed by atoms with E-state index >= 15 is 0 Å². The molecule has 0 aromatic heterocycles. The van der Waals surface area contributed by atoms with E-state index in [1.54, 1.807) is 31.3 Å². The fourth-order valence-electron chi connectivity index (χ4n) is 2.66. The molecule has 2 rings (SSSR count). The van der Waals surface area contributed by atoms with Crippen molar-refractivity contribution in [1.82, 2.24) is 4.90 Å². The number of likely N-dealkylation sites (N-methyl/N-ethyl adjacent to an activating group) is 1. The van der Waals surface area contributed by atoms with Crippen LogP contribution in [0.4, 0.5) is 5.69 Å². The molecule has 146 valence electrons. The summed E-state index contributed by atoms with van der Waals surface area (Å²) in [6, 6.07) is 14.9. The van der Waals surface area contributed by atoms with Crippen LogP contribution in [0.25, 0.3) is 0 Å². The molecule has 0 atom stereocenters. The number of carbonyl (C=O) groups is 2. The van der Waals surface area contributed by atoms with E-state index in [0.29, 0.717) is 30.7 Å². The molecule has 5 heteroatoms. The molecule has 0 unspecified atom stereocenters. The molecule has 0 saturated heterocycles. The Kier molecular flexibility index (Phi) is 8.11. The van der Waals surface area contributed by atoms with Crippen molar-refractivity contribution >= 4 is 17.5 Å². The number of ether oxygens (including phenoxy) is 1. The highest BCUT2D eigenvalue weighted by molar-refractivity contribution is 5.94. The second kappa shape index (κ2) is 10.8. The zero-order valence-electron chi connectivity index (χ0n) is 16.4. The average Bonchev–Trinajstić information content (AvgIpc) is 2.67. The maximum absolute atomic E-state index is 12.2. The number of nitrogens with one attached hydrogen (secondary N) is 1. The lowest BCUT2D eigenvalue weighted by molar-refractivity contribution is -0.133. The van der Waals surface area contributed by atoms with E-state index in [1.165, 1.54) is 4.90 Å². The Morgan fingerprint density at radius 3 is 2.68 bits per heavy atom. The van der Waals surface area contributed by atoms with Crippen molar-refractivity contribution in [3.05, 3.63) is 59.7 Å². The molecule has 0 aliphatic heterocycles. The normalized spacial score (nSPS) is 10.0. The van der Waals surface area contributed by atoms with E-state index in [-0.39, 0.29) is 18.4 Å². The first-order chi connectivity index (χ1) is 13.5. The van der Waals surface area contributed by atoms with Gasteiger partial charge < -0.3 is 15.0 Å². The molecular weight excluding hydrogens is 352 g/mol. The standard InChI is InChI=1S/C23H26N2O3/c1-4-19-10-8-11-20(16-19)24-22(26)17-25(3)23(27)13-5-6-14-28-21-12-7-9-18(2)15-21/h1,7-12,15-16H,5-6,13-14,17H2,2-3H3,(H,24,26).